The Morgan fingerprint density at radius 2 is 1.56 bits per heavy atom. The zero-order valence-corrected chi connectivity index (χ0v) is 18.3. The van der Waals surface area contributed by atoms with Crippen molar-refractivity contribution in [3.8, 4) is 0 Å². The topological polar surface area (TPSA) is 71.5 Å². The fourth-order valence-corrected chi connectivity index (χ4v) is 6.43. The first kappa shape index (κ1) is 20.8. The van der Waals surface area contributed by atoms with Crippen LogP contribution in [0.2, 0.25) is 0 Å². The number of Topliss-reactive ketones (excluding diaryl/α,β-unsaturated/α-hetero) is 3. The highest BCUT2D eigenvalue weighted by Crippen LogP contribution is 2.60. The fourth-order valence-electron chi connectivity index (χ4n) is 6.43. The molecule has 0 radical (unpaired) electrons. The number of ketones is 3. The molecule has 32 heavy (non-hydrogen) atoms. The van der Waals surface area contributed by atoms with Crippen LogP contribution < -0.4 is 4.90 Å². The standard InChI is InChI=1S/C27H27NO4/c1-2-8-18-15-21(29)25(27(18)22(30)13-14-23(27)31)24-19-11-6-7-12-20(19)28(26(24)32)16-17-9-4-3-5-10-17/h3-7,9-12,18,24-25H,2,8,13-16H2,1H3/t18-,24-,25+/m1/s1. The average Bonchev–Trinajstić information content (AvgIpc) is 3.36. The van der Waals surface area contributed by atoms with Gasteiger partial charge in [-0.1, -0.05) is 61.9 Å². The summed E-state index contributed by atoms with van der Waals surface area (Å²) in [7, 11) is 0. The second-order valence-electron chi connectivity index (χ2n) is 9.30. The van der Waals surface area contributed by atoms with E-state index in [1.807, 2.05) is 61.5 Å². The lowest BCUT2D eigenvalue weighted by Gasteiger charge is -2.35. The van der Waals surface area contributed by atoms with Gasteiger partial charge in [-0.05, 0) is 29.5 Å². The number of para-hydroxylation sites is 1. The van der Waals surface area contributed by atoms with E-state index < -0.39 is 17.3 Å². The van der Waals surface area contributed by atoms with Crippen LogP contribution in [0.15, 0.2) is 54.6 Å². The van der Waals surface area contributed by atoms with Crippen LogP contribution in [-0.4, -0.2) is 23.3 Å². The van der Waals surface area contributed by atoms with Gasteiger partial charge in [-0.3, -0.25) is 19.2 Å². The van der Waals surface area contributed by atoms with Crippen molar-refractivity contribution >= 4 is 28.9 Å². The van der Waals surface area contributed by atoms with Gasteiger partial charge in [0.05, 0.1) is 18.4 Å². The van der Waals surface area contributed by atoms with Crippen LogP contribution >= 0.6 is 0 Å². The molecule has 164 valence electrons. The first-order valence-corrected chi connectivity index (χ1v) is 11.5. The molecule has 2 aliphatic carbocycles. The highest BCUT2D eigenvalue weighted by atomic mass is 16.2. The SMILES string of the molecule is CCC[C@@H]1CC(=O)[C@@H]([C@@H]2C(=O)N(Cc3ccccc3)c3ccccc32)C12C(=O)CCC2=O. The Hall–Kier alpha value is -3.08. The number of amides is 1. The quantitative estimate of drug-likeness (QED) is 0.667. The highest BCUT2D eigenvalue weighted by molar-refractivity contribution is 6.20. The molecular weight excluding hydrogens is 402 g/mol. The van der Waals surface area contributed by atoms with Crippen molar-refractivity contribution in [1.82, 2.24) is 0 Å². The van der Waals surface area contributed by atoms with Crippen molar-refractivity contribution in [2.45, 2.75) is 51.5 Å². The molecule has 2 fully saturated rings. The zero-order chi connectivity index (χ0) is 22.5. The van der Waals surface area contributed by atoms with Crippen LogP contribution in [0.4, 0.5) is 5.69 Å². The van der Waals surface area contributed by atoms with Crippen LogP contribution in [0.25, 0.3) is 0 Å². The second-order valence-corrected chi connectivity index (χ2v) is 9.30. The van der Waals surface area contributed by atoms with E-state index >= 15 is 0 Å². The molecule has 0 unspecified atom stereocenters. The van der Waals surface area contributed by atoms with Gasteiger partial charge in [-0.15, -0.1) is 0 Å². The van der Waals surface area contributed by atoms with Crippen LogP contribution in [0.3, 0.4) is 0 Å². The minimum atomic E-state index is -1.33. The molecule has 0 saturated heterocycles. The summed E-state index contributed by atoms with van der Waals surface area (Å²) in [5.41, 5.74) is 1.19. The third-order valence-corrected chi connectivity index (χ3v) is 7.68. The minimum Gasteiger partial charge on any atom is -0.307 e. The Bertz CT molecular complexity index is 1090. The second kappa shape index (κ2) is 7.80. The zero-order valence-electron chi connectivity index (χ0n) is 18.3. The lowest BCUT2D eigenvalue weighted by molar-refractivity contribution is -0.145. The number of hydrogen-bond acceptors (Lipinski definition) is 4. The molecule has 5 heteroatoms. The van der Waals surface area contributed by atoms with Gasteiger partial charge < -0.3 is 4.90 Å². The van der Waals surface area contributed by atoms with Crippen LogP contribution in [-0.2, 0) is 25.7 Å². The van der Waals surface area contributed by atoms with E-state index in [1.165, 1.54) is 0 Å². The number of fused-ring (bicyclic) bond motifs is 1. The van der Waals surface area contributed by atoms with Crippen molar-refractivity contribution < 1.29 is 19.2 Å². The molecule has 1 amide bonds. The average molecular weight is 430 g/mol. The summed E-state index contributed by atoms with van der Waals surface area (Å²) in [6.45, 7) is 2.40. The number of benzene rings is 2. The maximum Gasteiger partial charge on any atom is 0.235 e. The van der Waals surface area contributed by atoms with Crippen molar-refractivity contribution in [3.63, 3.8) is 0 Å². The Kier molecular flexibility index (Phi) is 5.07. The van der Waals surface area contributed by atoms with Crippen LogP contribution in [0.5, 0.6) is 0 Å². The summed E-state index contributed by atoms with van der Waals surface area (Å²) in [4.78, 5) is 55.6. The van der Waals surface area contributed by atoms with Crippen molar-refractivity contribution in [2.75, 3.05) is 4.90 Å². The number of carbonyl (C=O) groups is 4. The number of nitrogens with zero attached hydrogens (tertiary/aromatic N) is 1. The molecule has 5 rings (SSSR count). The lowest BCUT2D eigenvalue weighted by Crippen LogP contribution is -2.47. The molecule has 1 spiro atoms. The van der Waals surface area contributed by atoms with Gasteiger partial charge in [0.1, 0.15) is 22.8 Å². The maximum atomic E-state index is 13.9. The predicted molar refractivity (Wildman–Crippen MR) is 120 cm³/mol. The number of carbonyl (C=O) groups excluding carboxylic acids is 4. The fraction of sp³-hybridized carbons (Fsp3) is 0.407. The molecule has 5 nitrogen and oxygen atoms in total. The van der Waals surface area contributed by atoms with Gasteiger partial charge in [0.2, 0.25) is 5.91 Å². The van der Waals surface area contributed by atoms with Crippen molar-refractivity contribution in [1.29, 1.82) is 0 Å². The van der Waals surface area contributed by atoms with Gasteiger partial charge in [0.25, 0.3) is 0 Å². The largest absolute Gasteiger partial charge is 0.307 e. The number of hydrogen-bond donors (Lipinski definition) is 0. The van der Waals surface area contributed by atoms with E-state index in [1.54, 1.807) is 4.90 Å². The van der Waals surface area contributed by atoms with E-state index in [2.05, 4.69) is 0 Å². The van der Waals surface area contributed by atoms with E-state index in [9.17, 15) is 19.2 Å². The van der Waals surface area contributed by atoms with E-state index in [-0.39, 0.29) is 48.4 Å². The normalized spacial score (nSPS) is 26.4. The molecule has 3 aliphatic rings. The number of anilines is 1. The highest BCUT2D eigenvalue weighted by Gasteiger charge is 2.68. The molecule has 2 saturated carbocycles. The van der Waals surface area contributed by atoms with Crippen LogP contribution in [0.1, 0.15) is 56.1 Å². The summed E-state index contributed by atoms with van der Waals surface area (Å²) in [5, 5.41) is 0. The van der Waals surface area contributed by atoms with Gasteiger partial charge in [0, 0.05) is 24.9 Å². The van der Waals surface area contributed by atoms with E-state index in [0.717, 1.165) is 23.2 Å². The minimum absolute atomic E-state index is 0.109. The Balaban J connectivity index is 1.62. The van der Waals surface area contributed by atoms with Gasteiger partial charge in [-0.25, -0.2) is 0 Å². The monoisotopic (exact) mass is 429 g/mol. The molecule has 0 N–H and O–H groups in total. The maximum absolute atomic E-state index is 13.9. The summed E-state index contributed by atoms with van der Waals surface area (Å²) in [6, 6.07) is 17.2. The Morgan fingerprint density at radius 1 is 0.906 bits per heavy atom. The van der Waals surface area contributed by atoms with Gasteiger partial charge >= 0.3 is 0 Å². The van der Waals surface area contributed by atoms with Crippen molar-refractivity contribution in [3.05, 3.63) is 65.7 Å². The Morgan fingerprint density at radius 3 is 2.25 bits per heavy atom. The molecule has 0 aromatic heterocycles. The molecule has 3 atom stereocenters. The Labute approximate surface area is 187 Å². The first-order valence-electron chi connectivity index (χ1n) is 11.5. The molecule has 1 heterocycles. The molecule has 2 aromatic rings. The van der Waals surface area contributed by atoms with Gasteiger partial charge in [-0.2, -0.15) is 0 Å². The van der Waals surface area contributed by atoms with Crippen LogP contribution in [0, 0.1) is 17.3 Å². The molecule has 2 aromatic carbocycles. The third kappa shape index (κ3) is 2.83. The van der Waals surface area contributed by atoms with E-state index in [0.29, 0.717) is 13.0 Å². The molecule has 0 bridgehead atoms. The molecular formula is C27H27NO4. The van der Waals surface area contributed by atoms with Crippen molar-refractivity contribution in [2.24, 2.45) is 17.3 Å². The van der Waals surface area contributed by atoms with Gasteiger partial charge in [0.15, 0.2) is 0 Å². The lowest BCUT2D eigenvalue weighted by atomic mass is 9.63. The summed E-state index contributed by atoms with van der Waals surface area (Å²) in [5.74, 6) is -2.53. The molecule has 1 aliphatic heterocycles. The first-order chi connectivity index (χ1) is 15.5. The predicted octanol–water partition coefficient (Wildman–Crippen LogP) is 4.24. The third-order valence-electron chi connectivity index (χ3n) is 7.68. The summed E-state index contributed by atoms with van der Waals surface area (Å²) >= 11 is 0. The smallest absolute Gasteiger partial charge is 0.235 e. The van der Waals surface area contributed by atoms with E-state index in [4.69, 9.17) is 0 Å². The summed E-state index contributed by atoms with van der Waals surface area (Å²) in [6.07, 6.45) is 2.01. The number of rotatable bonds is 5. The summed E-state index contributed by atoms with van der Waals surface area (Å²) < 4.78 is 0.